The van der Waals surface area contributed by atoms with E-state index in [0.29, 0.717) is 5.56 Å². The minimum absolute atomic E-state index is 0.258. The van der Waals surface area contributed by atoms with E-state index < -0.39 is 5.60 Å². The Morgan fingerprint density at radius 2 is 1.52 bits per heavy atom. The highest BCUT2D eigenvalue weighted by atomic mass is 32.2. The first-order valence-corrected chi connectivity index (χ1v) is 8.38. The summed E-state index contributed by atoms with van der Waals surface area (Å²) in [5, 5.41) is 0. The van der Waals surface area contributed by atoms with Crippen molar-refractivity contribution >= 4 is 29.5 Å². The molecule has 1 aliphatic heterocycles. The third-order valence-corrected chi connectivity index (χ3v) is 5.49. The number of ether oxygens (including phenoxy) is 1. The molecule has 1 heterocycles. The van der Waals surface area contributed by atoms with E-state index in [-0.39, 0.29) is 5.97 Å². The molecule has 0 radical (unpaired) electrons. The molecule has 2 aromatic carbocycles. The number of benzene rings is 2. The van der Waals surface area contributed by atoms with Crippen LogP contribution in [0, 0.1) is 0 Å². The van der Waals surface area contributed by atoms with Gasteiger partial charge in [0, 0.05) is 19.6 Å². The van der Waals surface area contributed by atoms with Gasteiger partial charge in [0.05, 0.1) is 5.56 Å². The average molecular weight is 316 g/mol. The van der Waals surface area contributed by atoms with Gasteiger partial charge in [-0.2, -0.15) is 0 Å². The quantitative estimate of drug-likeness (QED) is 0.572. The number of carbonyl (C=O) groups excluding carboxylic acids is 1. The molecule has 0 N–H and O–H groups in total. The predicted octanol–water partition coefficient (Wildman–Crippen LogP) is 5.26. The number of hydrogen-bond donors (Lipinski definition) is 0. The fourth-order valence-electron chi connectivity index (χ4n) is 2.04. The van der Waals surface area contributed by atoms with Gasteiger partial charge in [0.2, 0.25) is 0 Å². The first-order valence-electron chi connectivity index (χ1n) is 6.75. The maximum atomic E-state index is 12.4. The first kappa shape index (κ1) is 14.5. The van der Waals surface area contributed by atoms with Crippen molar-refractivity contribution in [1.29, 1.82) is 0 Å². The van der Waals surface area contributed by atoms with Gasteiger partial charge in [-0.3, -0.25) is 0 Å². The van der Waals surface area contributed by atoms with Crippen LogP contribution in [0.2, 0.25) is 0 Å². The lowest BCUT2D eigenvalue weighted by Gasteiger charge is -2.23. The maximum Gasteiger partial charge on any atom is 0.339 e. The van der Waals surface area contributed by atoms with Crippen LogP contribution in [0.1, 0.15) is 31.1 Å². The van der Waals surface area contributed by atoms with Crippen LogP contribution >= 0.6 is 23.5 Å². The lowest BCUT2D eigenvalue weighted by Crippen LogP contribution is -2.24. The van der Waals surface area contributed by atoms with Crippen LogP contribution in [0.25, 0.3) is 0 Å². The molecule has 0 saturated heterocycles. The van der Waals surface area contributed by atoms with Gasteiger partial charge in [0.25, 0.3) is 0 Å². The fourth-order valence-corrected chi connectivity index (χ4v) is 4.41. The Morgan fingerprint density at radius 1 is 0.905 bits per heavy atom. The third kappa shape index (κ3) is 3.11. The highest BCUT2D eigenvalue weighted by Gasteiger charge is 2.25. The zero-order valence-electron chi connectivity index (χ0n) is 12.2. The second-order valence-electron chi connectivity index (χ2n) is 5.79. The molecule has 0 aromatic heterocycles. The molecule has 0 aliphatic carbocycles. The summed E-state index contributed by atoms with van der Waals surface area (Å²) in [4.78, 5) is 16.9. The van der Waals surface area contributed by atoms with Crippen molar-refractivity contribution < 1.29 is 9.53 Å². The van der Waals surface area contributed by atoms with Gasteiger partial charge in [-0.25, -0.2) is 4.79 Å². The van der Waals surface area contributed by atoms with E-state index >= 15 is 0 Å². The summed E-state index contributed by atoms with van der Waals surface area (Å²) >= 11 is 3.35. The zero-order chi connectivity index (χ0) is 15.0. The van der Waals surface area contributed by atoms with Crippen LogP contribution in [0.5, 0.6) is 0 Å². The van der Waals surface area contributed by atoms with E-state index in [1.54, 1.807) is 23.5 Å². The van der Waals surface area contributed by atoms with Crippen LogP contribution in [0.3, 0.4) is 0 Å². The Balaban J connectivity index is 1.98. The smallest absolute Gasteiger partial charge is 0.339 e. The van der Waals surface area contributed by atoms with Gasteiger partial charge in [0.15, 0.2) is 0 Å². The monoisotopic (exact) mass is 316 g/mol. The number of fused-ring (bicyclic) bond motifs is 2. The van der Waals surface area contributed by atoms with E-state index in [4.69, 9.17) is 4.74 Å². The summed E-state index contributed by atoms with van der Waals surface area (Å²) < 4.78 is 5.52. The number of esters is 1. The molecule has 0 fully saturated rings. The van der Waals surface area contributed by atoms with Gasteiger partial charge in [-0.05, 0) is 45.0 Å². The van der Waals surface area contributed by atoms with Crippen LogP contribution in [-0.4, -0.2) is 11.6 Å². The van der Waals surface area contributed by atoms with Crippen molar-refractivity contribution in [3.8, 4) is 0 Å². The summed E-state index contributed by atoms with van der Waals surface area (Å²) in [6, 6.07) is 14.1. The predicted molar refractivity (Wildman–Crippen MR) is 86.3 cm³/mol. The molecule has 0 spiro atoms. The Bertz CT molecular complexity index is 702. The van der Waals surface area contributed by atoms with E-state index in [1.165, 1.54) is 9.79 Å². The van der Waals surface area contributed by atoms with E-state index in [1.807, 2.05) is 45.0 Å². The summed E-state index contributed by atoms with van der Waals surface area (Å²) in [6.45, 7) is 5.66. The minimum Gasteiger partial charge on any atom is -0.456 e. The normalized spacial score (nSPS) is 13.3. The van der Waals surface area contributed by atoms with Crippen molar-refractivity contribution in [2.24, 2.45) is 0 Å². The van der Waals surface area contributed by atoms with Crippen molar-refractivity contribution in [2.75, 3.05) is 0 Å². The summed E-state index contributed by atoms with van der Waals surface area (Å²) in [5.41, 5.74) is 0.166. The Kier molecular flexibility index (Phi) is 3.76. The Hall–Kier alpha value is -1.39. The zero-order valence-corrected chi connectivity index (χ0v) is 13.8. The largest absolute Gasteiger partial charge is 0.456 e. The van der Waals surface area contributed by atoms with E-state index in [0.717, 1.165) is 9.79 Å². The van der Waals surface area contributed by atoms with Crippen molar-refractivity contribution in [3.05, 3.63) is 48.0 Å². The lowest BCUT2D eigenvalue weighted by molar-refractivity contribution is 0.00650. The van der Waals surface area contributed by atoms with Crippen LogP contribution < -0.4 is 0 Å². The van der Waals surface area contributed by atoms with Crippen LogP contribution in [-0.2, 0) is 4.74 Å². The van der Waals surface area contributed by atoms with E-state index in [9.17, 15) is 4.79 Å². The molecule has 0 bridgehead atoms. The standard InChI is InChI=1S/C17H16O2S2/c1-17(2,3)19-16(18)11-7-6-10-14-15(11)21-13-9-5-4-8-12(13)20-14/h4-10H,1-3H3. The summed E-state index contributed by atoms with van der Waals surface area (Å²) in [7, 11) is 0. The first-order chi connectivity index (χ1) is 9.94. The van der Waals surface area contributed by atoms with E-state index in [2.05, 4.69) is 18.2 Å². The van der Waals surface area contributed by atoms with Gasteiger partial charge in [0.1, 0.15) is 5.60 Å². The SMILES string of the molecule is CC(C)(C)OC(=O)c1cccc2c1Sc1ccccc1S2. The molecule has 1 aliphatic rings. The Labute approximate surface area is 133 Å². The Morgan fingerprint density at radius 3 is 2.19 bits per heavy atom. The molecule has 21 heavy (non-hydrogen) atoms. The highest BCUT2D eigenvalue weighted by Crippen LogP contribution is 2.49. The van der Waals surface area contributed by atoms with Gasteiger partial charge in [-0.15, -0.1) is 0 Å². The van der Waals surface area contributed by atoms with Gasteiger partial charge in [-0.1, -0.05) is 41.7 Å². The number of hydrogen-bond acceptors (Lipinski definition) is 4. The molecule has 0 unspecified atom stereocenters. The third-order valence-electron chi connectivity index (χ3n) is 2.88. The van der Waals surface area contributed by atoms with Crippen LogP contribution in [0.4, 0.5) is 0 Å². The lowest BCUT2D eigenvalue weighted by atomic mass is 10.1. The molecule has 0 saturated carbocycles. The topological polar surface area (TPSA) is 26.3 Å². The number of carbonyl (C=O) groups is 1. The summed E-state index contributed by atoms with van der Waals surface area (Å²) in [5.74, 6) is -0.258. The minimum atomic E-state index is -0.482. The van der Waals surface area contributed by atoms with Crippen molar-refractivity contribution in [2.45, 2.75) is 46.0 Å². The molecule has 4 heteroatoms. The fraction of sp³-hybridized carbons (Fsp3) is 0.235. The molecule has 0 atom stereocenters. The average Bonchev–Trinajstić information content (AvgIpc) is 2.42. The maximum absolute atomic E-state index is 12.4. The molecular formula is C17H16O2S2. The molecule has 2 aromatic rings. The highest BCUT2D eigenvalue weighted by molar-refractivity contribution is 8.05. The summed E-state index contributed by atoms with van der Waals surface area (Å²) in [6.07, 6.45) is 0. The van der Waals surface area contributed by atoms with Crippen molar-refractivity contribution in [1.82, 2.24) is 0 Å². The number of rotatable bonds is 1. The molecule has 2 nitrogen and oxygen atoms in total. The molecule has 0 amide bonds. The molecule has 3 rings (SSSR count). The van der Waals surface area contributed by atoms with Crippen LogP contribution in [0.15, 0.2) is 62.0 Å². The van der Waals surface area contributed by atoms with Gasteiger partial charge >= 0.3 is 5.97 Å². The second-order valence-corrected chi connectivity index (χ2v) is 7.92. The molecular weight excluding hydrogens is 300 g/mol. The van der Waals surface area contributed by atoms with Crippen molar-refractivity contribution in [3.63, 3.8) is 0 Å². The second kappa shape index (κ2) is 5.43. The molecule has 108 valence electrons. The van der Waals surface area contributed by atoms with Gasteiger partial charge < -0.3 is 4.74 Å².